The Labute approximate surface area is 99.9 Å². The molecule has 0 aromatic heterocycles. The maximum Gasteiger partial charge on any atom is 0.0973 e. The number of ether oxygens (including phenoxy) is 1. The van der Waals surface area contributed by atoms with Crippen LogP contribution in [0.2, 0.25) is 0 Å². The van der Waals surface area contributed by atoms with Gasteiger partial charge in [0.1, 0.15) is 0 Å². The zero-order valence-corrected chi connectivity index (χ0v) is 11.0. The van der Waals surface area contributed by atoms with E-state index in [2.05, 4.69) is 20.8 Å². The summed E-state index contributed by atoms with van der Waals surface area (Å²) < 4.78 is 6.43. The minimum atomic E-state index is 0.267. The molecule has 0 aromatic rings. The van der Waals surface area contributed by atoms with E-state index in [0.29, 0.717) is 5.92 Å². The van der Waals surface area contributed by atoms with Crippen molar-refractivity contribution in [2.45, 2.75) is 64.9 Å². The summed E-state index contributed by atoms with van der Waals surface area (Å²) in [5.41, 5.74) is 0.267. The van der Waals surface area contributed by atoms with Gasteiger partial charge in [-0.1, -0.05) is 13.8 Å². The van der Waals surface area contributed by atoms with Crippen molar-refractivity contribution in [3.8, 4) is 0 Å². The van der Waals surface area contributed by atoms with Gasteiger partial charge in [-0.05, 0) is 69.1 Å². The number of rotatable bonds is 3. The van der Waals surface area contributed by atoms with Crippen molar-refractivity contribution in [2.24, 2.45) is 23.7 Å². The first-order valence-corrected chi connectivity index (χ1v) is 7.09. The molecule has 1 heteroatoms. The third-order valence-corrected chi connectivity index (χ3v) is 5.17. The van der Waals surface area contributed by atoms with Crippen molar-refractivity contribution in [2.75, 3.05) is 0 Å². The van der Waals surface area contributed by atoms with Crippen LogP contribution in [-0.2, 0) is 4.74 Å². The molecule has 4 aliphatic rings. The Morgan fingerprint density at radius 3 is 1.81 bits per heavy atom. The van der Waals surface area contributed by atoms with Crippen LogP contribution in [0.5, 0.6) is 0 Å². The molecule has 0 unspecified atom stereocenters. The average molecular weight is 221 g/mol. The first-order chi connectivity index (χ1) is 7.56. The molecule has 1 radical (unpaired) electrons. The van der Waals surface area contributed by atoms with Gasteiger partial charge in [-0.25, -0.2) is 0 Å². The van der Waals surface area contributed by atoms with Gasteiger partial charge in [0.15, 0.2) is 0 Å². The highest BCUT2D eigenvalue weighted by molar-refractivity contribution is 5.04. The largest absolute Gasteiger partial charge is 0.366 e. The molecule has 0 amide bonds. The van der Waals surface area contributed by atoms with Crippen LogP contribution in [0, 0.1) is 29.8 Å². The van der Waals surface area contributed by atoms with Crippen LogP contribution in [-0.4, -0.2) is 5.60 Å². The predicted molar refractivity (Wildman–Crippen MR) is 65.7 cm³/mol. The normalized spacial score (nSPS) is 45.9. The van der Waals surface area contributed by atoms with Crippen LogP contribution < -0.4 is 0 Å². The molecular weight excluding hydrogens is 196 g/mol. The summed E-state index contributed by atoms with van der Waals surface area (Å²) >= 11 is 0. The molecule has 0 N–H and O–H groups in total. The highest BCUT2D eigenvalue weighted by atomic mass is 16.5. The monoisotopic (exact) mass is 221 g/mol. The minimum Gasteiger partial charge on any atom is -0.366 e. The molecule has 0 saturated heterocycles. The van der Waals surface area contributed by atoms with Gasteiger partial charge in [-0.15, -0.1) is 0 Å². The van der Waals surface area contributed by atoms with E-state index in [1.165, 1.54) is 44.6 Å². The number of hydrogen-bond acceptors (Lipinski definition) is 1. The highest BCUT2D eigenvalue weighted by Crippen LogP contribution is 2.57. The molecule has 16 heavy (non-hydrogen) atoms. The molecule has 0 atom stereocenters. The van der Waals surface area contributed by atoms with Crippen LogP contribution in [0.15, 0.2) is 0 Å². The predicted octanol–water partition coefficient (Wildman–Crippen LogP) is 4.18. The van der Waals surface area contributed by atoms with Crippen LogP contribution >= 0.6 is 0 Å². The second kappa shape index (κ2) is 3.73. The second-order valence-electron chi connectivity index (χ2n) is 6.97. The van der Waals surface area contributed by atoms with E-state index < -0.39 is 0 Å². The van der Waals surface area contributed by atoms with E-state index in [4.69, 9.17) is 4.74 Å². The van der Waals surface area contributed by atoms with Crippen molar-refractivity contribution < 1.29 is 4.74 Å². The molecule has 4 aliphatic carbocycles. The molecule has 1 nitrogen and oxygen atoms in total. The topological polar surface area (TPSA) is 9.23 Å². The second-order valence-corrected chi connectivity index (χ2v) is 6.97. The summed E-state index contributed by atoms with van der Waals surface area (Å²) in [4.78, 5) is 0. The Kier molecular flexibility index (Phi) is 2.58. The highest BCUT2D eigenvalue weighted by Gasteiger charge is 2.52. The fourth-order valence-corrected chi connectivity index (χ4v) is 4.62. The maximum atomic E-state index is 6.43. The summed E-state index contributed by atoms with van der Waals surface area (Å²) in [6.45, 7) is 6.68. The molecule has 0 heterocycles. The van der Waals surface area contributed by atoms with Gasteiger partial charge in [0, 0.05) is 0 Å². The Hall–Kier alpha value is -0.0400. The quantitative estimate of drug-likeness (QED) is 0.694. The summed E-state index contributed by atoms with van der Waals surface area (Å²) in [5, 5.41) is 0. The Bertz CT molecular complexity index is 233. The van der Waals surface area contributed by atoms with Crippen molar-refractivity contribution in [1.82, 2.24) is 0 Å². The van der Waals surface area contributed by atoms with Gasteiger partial charge in [0.05, 0.1) is 11.7 Å². The van der Waals surface area contributed by atoms with Crippen molar-refractivity contribution in [3.05, 3.63) is 6.10 Å². The van der Waals surface area contributed by atoms with Crippen LogP contribution in [0.25, 0.3) is 0 Å². The SMILES string of the molecule is C[C](OC12CC3CC(CC(C3)C1)C2)C(C)C. The Morgan fingerprint density at radius 2 is 1.44 bits per heavy atom. The third-order valence-electron chi connectivity index (χ3n) is 5.17. The lowest BCUT2D eigenvalue weighted by Gasteiger charge is -2.57. The fraction of sp³-hybridized carbons (Fsp3) is 0.933. The Morgan fingerprint density at radius 1 is 1.00 bits per heavy atom. The molecule has 4 bridgehead atoms. The summed E-state index contributed by atoms with van der Waals surface area (Å²) in [6, 6.07) is 0. The van der Waals surface area contributed by atoms with Gasteiger partial charge in [0.25, 0.3) is 0 Å². The molecule has 0 aliphatic heterocycles. The lowest BCUT2D eigenvalue weighted by molar-refractivity contribution is -0.161. The molecule has 4 rings (SSSR count). The lowest BCUT2D eigenvalue weighted by Crippen LogP contribution is -2.52. The smallest absolute Gasteiger partial charge is 0.0973 e. The first kappa shape index (κ1) is 11.1. The zero-order chi connectivity index (χ0) is 11.3. The van der Waals surface area contributed by atoms with E-state index in [1.54, 1.807) is 0 Å². The van der Waals surface area contributed by atoms with Crippen LogP contribution in [0.4, 0.5) is 0 Å². The van der Waals surface area contributed by atoms with Crippen molar-refractivity contribution >= 4 is 0 Å². The third kappa shape index (κ3) is 1.81. The van der Waals surface area contributed by atoms with E-state index in [0.717, 1.165) is 17.8 Å². The lowest BCUT2D eigenvalue weighted by atomic mass is 9.54. The van der Waals surface area contributed by atoms with Gasteiger partial charge < -0.3 is 4.74 Å². The van der Waals surface area contributed by atoms with E-state index in [-0.39, 0.29) is 5.60 Å². The summed E-state index contributed by atoms with van der Waals surface area (Å²) in [7, 11) is 0. The van der Waals surface area contributed by atoms with Crippen LogP contribution in [0.3, 0.4) is 0 Å². The van der Waals surface area contributed by atoms with E-state index in [1.807, 2.05) is 0 Å². The molecule has 0 aromatic carbocycles. The summed E-state index contributed by atoms with van der Waals surface area (Å²) in [6.07, 6.45) is 9.83. The molecule has 4 saturated carbocycles. The molecule has 91 valence electrons. The zero-order valence-electron chi connectivity index (χ0n) is 11.0. The van der Waals surface area contributed by atoms with Crippen molar-refractivity contribution in [3.63, 3.8) is 0 Å². The van der Waals surface area contributed by atoms with Gasteiger partial charge >= 0.3 is 0 Å². The first-order valence-electron chi connectivity index (χ1n) is 7.09. The Balaban J connectivity index is 1.73. The van der Waals surface area contributed by atoms with Crippen LogP contribution in [0.1, 0.15) is 59.3 Å². The molecular formula is C15H25O. The van der Waals surface area contributed by atoms with Gasteiger partial charge in [0.2, 0.25) is 0 Å². The standard InChI is InChI=1S/C15H25O/c1-10(2)11(3)16-15-7-12-4-13(8-15)6-14(5-12)9-15/h10,12-14H,4-9H2,1-3H3. The van der Waals surface area contributed by atoms with Gasteiger partial charge in [-0.3, -0.25) is 0 Å². The molecule has 0 spiro atoms. The van der Waals surface area contributed by atoms with Crippen molar-refractivity contribution in [1.29, 1.82) is 0 Å². The average Bonchev–Trinajstić information content (AvgIpc) is 2.13. The minimum absolute atomic E-state index is 0.267. The molecule has 4 fully saturated rings. The number of hydrogen-bond donors (Lipinski definition) is 0. The van der Waals surface area contributed by atoms with E-state index in [9.17, 15) is 0 Å². The van der Waals surface area contributed by atoms with Gasteiger partial charge in [-0.2, -0.15) is 0 Å². The fourth-order valence-electron chi connectivity index (χ4n) is 4.62. The maximum absolute atomic E-state index is 6.43. The van der Waals surface area contributed by atoms with E-state index >= 15 is 0 Å². The summed E-state index contributed by atoms with van der Waals surface area (Å²) in [5.74, 6) is 3.55.